The number of fused-ring (bicyclic) bond motifs is 3. The van der Waals surface area contributed by atoms with Crippen molar-refractivity contribution in [2.24, 2.45) is 0 Å². The van der Waals surface area contributed by atoms with Crippen LogP contribution >= 0.6 is 0 Å². The lowest BCUT2D eigenvalue weighted by atomic mass is 10.1. The number of allylic oxidation sites excluding steroid dienone is 4. The van der Waals surface area contributed by atoms with Gasteiger partial charge in [0, 0.05) is 22.2 Å². The second-order valence-electron chi connectivity index (χ2n) is 6.25. The minimum Gasteiger partial charge on any atom is -0.454 e. The summed E-state index contributed by atoms with van der Waals surface area (Å²) in [6.45, 7) is 5.90. The molecule has 3 aromatic carbocycles. The fourth-order valence-electron chi connectivity index (χ4n) is 3.41. The van der Waals surface area contributed by atoms with Crippen LogP contribution in [-0.4, -0.2) is 0 Å². The lowest BCUT2D eigenvalue weighted by molar-refractivity contribution is 0.669. The number of rotatable bonds is 5. The quantitative estimate of drug-likeness (QED) is 0.349. The molecule has 1 aromatic heterocycles. The van der Waals surface area contributed by atoms with Crippen molar-refractivity contribution in [1.29, 1.82) is 0 Å². The van der Waals surface area contributed by atoms with Gasteiger partial charge >= 0.3 is 0 Å². The highest BCUT2D eigenvalue weighted by Gasteiger charge is 2.18. The molecular weight excluding hydrogens is 330 g/mol. The Morgan fingerprint density at radius 2 is 1.63 bits per heavy atom. The fraction of sp³-hybridized carbons (Fsp3) is 0.0400. The molecule has 0 spiro atoms. The standard InChI is InChI=1S/C25H21NO/c1-3-11-19(12-4-2)26(20-13-6-5-7-14-20)23-17-10-16-22-21-15-8-9-18-24(21)27-25(22)23/h3-18H,1H2,2H3/b12-4-,19-11+. The average molecular weight is 351 g/mol. The van der Waals surface area contributed by atoms with Gasteiger partial charge < -0.3 is 9.32 Å². The van der Waals surface area contributed by atoms with Gasteiger partial charge in [-0.05, 0) is 43.3 Å². The Morgan fingerprint density at radius 3 is 2.41 bits per heavy atom. The van der Waals surface area contributed by atoms with Crippen LogP contribution in [-0.2, 0) is 0 Å². The van der Waals surface area contributed by atoms with E-state index in [2.05, 4.69) is 54.0 Å². The first-order valence-electron chi connectivity index (χ1n) is 9.04. The molecule has 0 radical (unpaired) electrons. The van der Waals surface area contributed by atoms with E-state index >= 15 is 0 Å². The molecule has 0 unspecified atom stereocenters. The van der Waals surface area contributed by atoms with Gasteiger partial charge in [0.1, 0.15) is 5.58 Å². The van der Waals surface area contributed by atoms with E-state index in [-0.39, 0.29) is 0 Å². The molecule has 0 aliphatic rings. The van der Waals surface area contributed by atoms with Crippen molar-refractivity contribution in [3.8, 4) is 0 Å². The van der Waals surface area contributed by atoms with E-state index < -0.39 is 0 Å². The molecule has 0 aliphatic carbocycles. The molecule has 0 bridgehead atoms. The van der Waals surface area contributed by atoms with E-state index in [0.717, 1.165) is 39.0 Å². The summed E-state index contributed by atoms with van der Waals surface area (Å²) in [7, 11) is 0. The zero-order valence-electron chi connectivity index (χ0n) is 15.3. The first-order chi connectivity index (χ1) is 13.3. The topological polar surface area (TPSA) is 16.4 Å². The smallest absolute Gasteiger partial charge is 0.159 e. The molecular formula is C25H21NO. The highest BCUT2D eigenvalue weighted by Crippen LogP contribution is 2.39. The van der Waals surface area contributed by atoms with Crippen LogP contribution in [0.3, 0.4) is 0 Å². The van der Waals surface area contributed by atoms with Crippen molar-refractivity contribution in [3.63, 3.8) is 0 Å². The molecule has 0 atom stereocenters. The molecule has 0 saturated carbocycles. The summed E-state index contributed by atoms with van der Waals surface area (Å²) in [5.74, 6) is 0. The molecule has 0 N–H and O–H groups in total. The second kappa shape index (κ2) is 7.38. The highest BCUT2D eigenvalue weighted by molar-refractivity contribution is 6.09. The van der Waals surface area contributed by atoms with Gasteiger partial charge in [-0.25, -0.2) is 0 Å². The lowest BCUT2D eigenvalue weighted by Gasteiger charge is -2.26. The highest BCUT2D eigenvalue weighted by atomic mass is 16.3. The molecule has 0 aliphatic heterocycles. The number of benzene rings is 3. The summed E-state index contributed by atoms with van der Waals surface area (Å²) < 4.78 is 6.27. The molecule has 0 fully saturated rings. The zero-order chi connectivity index (χ0) is 18.6. The Balaban J connectivity index is 2.03. The van der Waals surface area contributed by atoms with Crippen LogP contribution in [0.25, 0.3) is 21.9 Å². The van der Waals surface area contributed by atoms with Crippen LogP contribution in [0.4, 0.5) is 11.4 Å². The van der Waals surface area contributed by atoms with Gasteiger partial charge in [0.15, 0.2) is 5.58 Å². The van der Waals surface area contributed by atoms with Gasteiger partial charge in [-0.2, -0.15) is 0 Å². The fourth-order valence-corrected chi connectivity index (χ4v) is 3.41. The van der Waals surface area contributed by atoms with Gasteiger partial charge in [0.2, 0.25) is 0 Å². The Labute approximate surface area is 159 Å². The summed E-state index contributed by atoms with van der Waals surface area (Å²) in [6.07, 6.45) is 7.93. The first-order valence-corrected chi connectivity index (χ1v) is 9.04. The van der Waals surface area contributed by atoms with Crippen LogP contribution in [0.5, 0.6) is 0 Å². The van der Waals surface area contributed by atoms with Crippen LogP contribution in [0.15, 0.2) is 114 Å². The minimum atomic E-state index is 0.877. The summed E-state index contributed by atoms with van der Waals surface area (Å²) in [4.78, 5) is 2.20. The molecule has 0 amide bonds. The van der Waals surface area contributed by atoms with E-state index in [1.54, 1.807) is 0 Å². The van der Waals surface area contributed by atoms with E-state index in [1.165, 1.54) is 0 Å². The lowest BCUT2D eigenvalue weighted by Crippen LogP contribution is -2.15. The Morgan fingerprint density at radius 1 is 0.889 bits per heavy atom. The van der Waals surface area contributed by atoms with E-state index in [0.29, 0.717) is 0 Å². The molecule has 27 heavy (non-hydrogen) atoms. The zero-order valence-corrected chi connectivity index (χ0v) is 15.3. The van der Waals surface area contributed by atoms with E-state index in [9.17, 15) is 0 Å². The minimum absolute atomic E-state index is 0.877. The summed E-state index contributed by atoms with van der Waals surface area (Å²) in [5, 5.41) is 2.24. The predicted octanol–water partition coefficient (Wildman–Crippen LogP) is 7.37. The van der Waals surface area contributed by atoms with Crippen LogP contribution in [0.1, 0.15) is 6.92 Å². The Bertz CT molecular complexity index is 1150. The maximum atomic E-state index is 6.27. The van der Waals surface area contributed by atoms with Gasteiger partial charge in [0.05, 0.1) is 5.69 Å². The Kier molecular flexibility index (Phi) is 4.63. The number of para-hydroxylation sites is 3. The van der Waals surface area contributed by atoms with Gasteiger partial charge in [0.25, 0.3) is 0 Å². The largest absolute Gasteiger partial charge is 0.454 e. The summed E-state index contributed by atoms with van der Waals surface area (Å²) in [6, 6.07) is 24.8. The predicted molar refractivity (Wildman–Crippen MR) is 115 cm³/mol. The van der Waals surface area contributed by atoms with Gasteiger partial charge in [-0.15, -0.1) is 0 Å². The van der Waals surface area contributed by atoms with Crippen molar-refractivity contribution in [2.45, 2.75) is 6.92 Å². The maximum absolute atomic E-state index is 6.27. The second-order valence-corrected chi connectivity index (χ2v) is 6.25. The van der Waals surface area contributed by atoms with Crippen LogP contribution in [0, 0.1) is 0 Å². The summed E-state index contributed by atoms with van der Waals surface area (Å²) in [5.41, 5.74) is 4.86. The monoisotopic (exact) mass is 351 g/mol. The van der Waals surface area contributed by atoms with Crippen molar-refractivity contribution < 1.29 is 4.42 Å². The van der Waals surface area contributed by atoms with Crippen LogP contribution in [0.2, 0.25) is 0 Å². The maximum Gasteiger partial charge on any atom is 0.159 e. The van der Waals surface area contributed by atoms with Crippen molar-refractivity contribution in [2.75, 3.05) is 4.90 Å². The SMILES string of the molecule is C=C/C=C(\C=C/C)N(c1ccccc1)c1cccc2c1oc1ccccc12. The number of furan rings is 1. The third-order valence-corrected chi connectivity index (χ3v) is 4.52. The molecule has 4 rings (SSSR count). The van der Waals surface area contributed by atoms with E-state index in [1.807, 2.05) is 61.5 Å². The average Bonchev–Trinajstić information content (AvgIpc) is 3.09. The Hall–Kier alpha value is -3.52. The van der Waals surface area contributed by atoms with Crippen LogP contribution < -0.4 is 4.90 Å². The molecule has 2 nitrogen and oxygen atoms in total. The molecule has 1 heterocycles. The van der Waals surface area contributed by atoms with Crippen molar-refractivity contribution in [3.05, 3.63) is 109 Å². The number of hydrogen-bond acceptors (Lipinski definition) is 2. The van der Waals surface area contributed by atoms with E-state index in [4.69, 9.17) is 4.42 Å². The number of hydrogen-bond donors (Lipinski definition) is 0. The third kappa shape index (κ3) is 3.06. The molecule has 0 saturated heterocycles. The van der Waals surface area contributed by atoms with Gasteiger partial charge in [-0.1, -0.05) is 67.3 Å². The summed E-state index contributed by atoms with van der Waals surface area (Å²) >= 11 is 0. The molecule has 4 aromatic rings. The number of nitrogens with zero attached hydrogens (tertiary/aromatic N) is 1. The first kappa shape index (κ1) is 16.9. The van der Waals surface area contributed by atoms with Gasteiger partial charge in [-0.3, -0.25) is 0 Å². The van der Waals surface area contributed by atoms with Crippen molar-refractivity contribution >= 4 is 33.3 Å². The van der Waals surface area contributed by atoms with Crippen molar-refractivity contribution in [1.82, 2.24) is 0 Å². The number of anilines is 2. The molecule has 132 valence electrons. The third-order valence-electron chi connectivity index (χ3n) is 4.52. The molecule has 2 heteroatoms. The normalized spacial score (nSPS) is 12.1.